The van der Waals surface area contributed by atoms with Gasteiger partial charge in [-0.2, -0.15) is 0 Å². The van der Waals surface area contributed by atoms with Crippen molar-refractivity contribution >= 4 is 16.1 Å². The van der Waals surface area contributed by atoms with Gasteiger partial charge in [-0.1, -0.05) is 67.7 Å². The molecule has 0 aromatic rings. The Morgan fingerprint density at radius 2 is 1.20 bits per heavy atom. The highest BCUT2D eigenvalue weighted by molar-refractivity contribution is 6.87. The number of hydrogen-bond acceptors (Lipinski definition) is 1. The van der Waals surface area contributed by atoms with Gasteiger partial charge in [0.15, 0.2) is 0 Å². The van der Waals surface area contributed by atoms with Crippen LogP contribution in [-0.2, 0) is 0 Å². The molecule has 1 heterocycles. The van der Waals surface area contributed by atoms with E-state index in [1.807, 2.05) is 0 Å². The molecule has 3 heteroatoms. The average Bonchev–Trinajstić information content (AvgIpc) is 2.57. The van der Waals surface area contributed by atoms with E-state index < -0.39 is 16.1 Å². The molecule has 1 rings (SSSR count). The maximum atomic E-state index is 3.85. The van der Waals surface area contributed by atoms with Gasteiger partial charge in [0.1, 0.15) is 0 Å². The molecule has 1 aliphatic rings. The third-order valence-electron chi connectivity index (χ3n) is 7.26. The van der Waals surface area contributed by atoms with Gasteiger partial charge in [0.2, 0.25) is 0 Å². The predicted molar refractivity (Wildman–Crippen MR) is 99.4 cm³/mol. The summed E-state index contributed by atoms with van der Waals surface area (Å²) in [4.78, 5) is 0. The van der Waals surface area contributed by atoms with E-state index in [-0.39, 0.29) is 0 Å². The molecule has 20 heavy (non-hydrogen) atoms. The maximum Gasteiger partial charge on any atom is 0.0574 e. The van der Waals surface area contributed by atoms with Crippen LogP contribution >= 0.6 is 0 Å². The van der Waals surface area contributed by atoms with Gasteiger partial charge in [0.25, 0.3) is 0 Å². The number of nitrogens with one attached hydrogen (secondary N) is 1. The van der Waals surface area contributed by atoms with E-state index >= 15 is 0 Å². The van der Waals surface area contributed by atoms with Crippen molar-refractivity contribution < 1.29 is 0 Å². The van der Waals surface area contributed by atoms with Crippen LogP contribution in [0.1, 0.15) is 48.5 Å². The van der Waals surface area contributed by atoms with E-state index in [2.05, 4.69) is 80.0 Å². The molecule has 3 atom stereocenters. The van der Waals surface area contributed by atoms with Crippen molar-refractivity contribution in [2.24, 2.45) is 0 Å². The molecule has 1 fully saturated rings. The molecule has 0 aromatic carbocycles. The van der Waals surface area contributed by atoms with Crippen LogP contribution in [0, 0.1) is 0 Å². The minimum absolute atomic E-state index is 0.485. The Balaban J connectivity index is 3.23. The first-order valence-electron chi connectivity index (χ1n) is 8.37. The van der Waals surface area contributed by atoms with E-state index in [0.29, 0.717) is 16.1 Å². The van der Waals surface area contributed by atoms with Gasteiger partial charge >= 0.3 is 0 Å². The van der Waals surface area contributed by atoms with Crippen molar-refractivity contribution in [3.05, 3.63) is 0 Å². The van der Waals surface area contributed by atoms with Crippen molar-refractivity contribution in [3.63, 3.8) is 0 Å². The van der Waals surface area contributed by atoms with Crippen LogP contribution in [0.4, 0.5) is 0 Å². The second-order valence-electron chi connectivity index (χ2n) is 10.3. The smallest absolute Gasteiger partial charge is 0.0574 e. The molecule has 2 unspecified atom stereocenters. The molecule has 1 nitrogen and oxygen atoms in total. The molecule has 0 amide bonds. The van der Waals surface area contributed by atoms with Gasteiger partial charge in [-0.15, -0.1) is 0 Å². The Morgan fingerprint density at radius 1 is 0.800 bits per heavy atom. The second kappa shape index (κ2) is 5.24. The third kappa shape index (κ3) is 2.96. The van der Waals surface area contributed by atoms with Gasteiger partial charge in [0, 0.05) is 6.04 Å². The van der Waals surface area contributed by atoms with Gasteiger partial charge in [-0.3, -0.25) is 0 Å². The Bertz CT molecular complexity index is 347. The molecule has 0 aliphatic carbocycles. The van der Waals surface area contributed by atoms with Crippen LogP contribution in [0.5, 0.6) is 0 Å². The number of rotatable bonds is 2. The van der Waals surface area contributed by atoms with Gasteiger partial charge in [-0.05, 0) is 34.6 Å². The topological polar surface area (TPSA) is 12.0 Å². The molecule has 1 aliphatic heterocycles. The van der Waals surface area contributed by atoms with Crippen LogP contribution in [0.15, 0.2) is 0 Å². The minimum atomic E-state index is -1.31. The standard InChI is InChI=1S/C17H39NSi2/c1-13-15(20(10,11)17(5,6)7)14(12-18-13)19(8,9)16(2,3)4/h13-15,18H,12H2,1-11H3/t13-,14?,15?/m1/s1. The van der Waals surface area contributed by atoms with E-state index in [1.165, 1.54) is 6.54 Å². The summed E-state index contributed by atoms with van der Waals surface area (Å²) in [5, 5.41) is 4.82. The molecule has 0 radical (unpaired) electrons. The van der Waals surface area contributed by atoms with Gasteiger partial charge in [-0.25, -0.2) is 0 Å². The Hall–Kier alpha value is 0.394. The number of hydrogen-bond donors (Lipinski definition) is 1. The summed E-state index contributed by atoms with van der Waals surface area (Å²) >= 11 is 0. The summed E-state index contributed by atoms with van der Waals surface area (Å²) in [6.45, 7) is 29.1. The van der Waals surface area contributed by atoms with E-state index in [9.17, 15) is 0 Å². The first kappa shape index (κ1) is 18.4. The lowest BCUT2D eigenvalue weighted by molar-refractivity contribution is 0.603. The van der Waals surface area contributed by atoms with Crippen LogP contribution < -0.4 is 5.32 Å². The minimum Gasteiger partial charge on any atom is -0.314 e. The van der Waals surface area contributed by atoms with Crippen LogP contribution in [-0.4, -0.2) is 28.7 Å². The zero-order valence-corrected chi connectivity index (χ0v) is 17.9. The molecule has 0 saturated carbocycles. The van der Waals surface area contributed by atoms with Crippen molar-refractivity contribution in [1.82, 2.24) is 5.32 Å². The normalized spacial score (nSPS) is 29.9. The summed E-state index contributed by atoms with van der Waals surface area (Å²) < 4.78 is 0. The van der Waals surface area contributed by atoms with Crippen molar-refractivity contribution in [3.8, 4) is 0 Å². The van der Waals surface area contributed by atoms with Gasteiger partial charge in [0.05, 0.1) is 16.1 Å². The molecule has 1 N–H and O–H groups in total. The fourth-order valence-corrected chi connectivity index (χ4v) is 12.7. The molecule has 0 spiro atoms. The molecule has 0 aromatic heterocycles. The fraction of sp³-hybridized carbons (Fsp3) is 1.00. The van der Waals surface area contributed by atoms with E-state index in [0.717, 1.165) is 11.1 Å². The lowest BCUT2D eigenvalue weighted by atomic mass is 10.2. The SMILES string of the molecule is C[C@H]1NCC([Si](C)(C)C(C)(C)C)C1[Si](C)(C)C(C)(C)C. The Kier molecular flexibility index (Phi) is 4.83. The first-order valence-corrected chi connectivity index (χ1v) is 14.5. The lowest BCUT2D eigenvalue weighted by Crippen LogP contribution is -2.52. The highest BCUT2D eigenvalue weighted by Gasteiger charge is 2.56. The molecule has 0 bridgehead atoms. The van der Waals surface area contributed by atoms with Crippen LogP contribution in [0.25, 0.3) is 0 Å². The van der Waals surface area contributed by atoms with Crippen LogP contribution in [0.2, 0.25) is 47.3 Å². The van der Waals surface area contributed by atoms with Crippen molar-refractivity contribution in [1.29, 1.82) is 0 Å². The Morgan fingerprint density at radius 3 is 1.55 bits per heavy atom. The molecular formula is C17H39NSi2. The fourth-order valence-electron chi connectivity index (χ4n) is 3.80. The molecule has 1 saturated heterocycles. The largest absolute Gasteiger partial charge is 0.314 e. The monoisotopic (exact) mass is 313 g/mol. The molecule has 120 valence electrons. The second-order valence-corrected chi connectivity index (χ2v) is 21.6. The third-order valence-corrected chi connectivity index (χ3v) is 20.3. The van der Waals surface area contributed by atoms with Crippen molar-refractivity contribution in [2.45, 2.75) is 102 Å². The van der Waals surface area contributed by atoms with E-state index in [1.54, 1.807) is 0 Å². The first-order chi connectivity index (χ1) is 8.64. The maximum absolute atomic E-state index is 3.85. The molecular weight excluding hydrogens is 274 g/mol. The van der Waals surface area contributed by atoms with E-state index in [4.69, 9.17) is 0 Å². The highest BCUT2D eigenvalue weighted by atomic mass is 28.3. The predicted octanol–water partition coefficient (Wildman–Crippen LogP) is 5.74. The average molecular weight is 314 g/mol. The Labute approximate surface area is 130 Å². The summed E-state index contributed by atoms with van der Waals surface area (Å²) in [6.07, 6.45) is 0. The highest BCUT2D eigenvalue weighted by Crippen LogP contribution is 2.58. The lowest BCUT2D eigenvalue weighted by Gasteiger charge is -2.51. The summed E-state index contributed by atoms with van der Waals surface area (Å²) in [6, 6.07) is 0.704. The summed E-state index contributed by atoms with van der Waals surface area (Å²) in [5.41, 5.74) is 1.85. The van der Waals surface area contributed by atoms with Gasteiger partial charge < -0.3 is 5.32 Å². The zero-order chi connectivity index (χ0) is 16.1. The summed E-state index contributed by atoms with van der Waals surface area (Å²) in [7, 11) is -2.61. The van der Waals surface area contributed by atoms with Crippen molar-refractivity contribution in [2.75, 3.05) is 6.54 Å². The summed E-state index contributed by atoms with van der Waals surface area (Å²) in [5.74, 6) is 0. The van der Waals surface area contributed by atoms with Crippen LogP contribution in [0.3, 0.4) is 0 Å². The zero-order valence-electron chi connectivity index (χ0n) is 15.9. The quantitative estimate of drug-likeness (QED) is 0.641.